The maximum atomic E-state index is 13.3. The zero-order valence-corrected chi connectivity index (χ0v) is 15.7. The number of benzene rings is 1. The summed E-state index contributed by atoms with van der Waals surface area (Å²) in [6.07, 6.45) is 1.69. The van der Waals surface area contributed by atoms with Crippen molar-refractivity contribution in [3.63, 3.8) is 0 Å². The largest absolute Gasteiger partial charge is 0.463 e. The Balaban J connectivity index is 2.09. The topological polar surface area (TPSA) is 63.6 Å². The molecule has 0 saturated heterocycles. The van der Waals surface area contributed by atoms with Crippen LogP contribution in [0.3, 0.4) is 0 Å². The number of rotatable bonds is 5. The van der Waals surface area contributed by atoms with Crippen molar-refractivity contribution in [3.05, 3.63) is 63.5 Å². The maximum Gasteiger partial charge on any atom is 0.338 e. The van der Waals surface area contributed by atoms with Crippen molar-refractivity contribution in [1.82, 2.24) is 10.3 Å². The molecule has 1 aliphatic rings. The number of amidine groups is 1. The van der Waals surface area contributed by atoms with Gasteiger partial charge in [0.15, 0.2) is 10.8 Å². The minimum Gasteiger partial charge on any atom is -0.463 e. The lowest BCUT2D eigenvalue weighted by Crippen LogP contribution is -2.34. The lowest BCUT2D eigenvalue weighted by Gasteiger charge is -2.26. The lowest BCUT2D eigenvalue weighted by atomic mass is 9.96. The van der Waals surface area contributed by atoms with Crippen LogP contribution >= 0.6 is 27.3 Å². The van der Waals surface area contributed by atoms with Crippen LogP contribution in [-0.4, -0.2) is 28.7 Å². The molecule has 0 amide bonds. The average Bonchev–Trinajstić information content (AvgIpc) is 3.16. The SMILES string of the molecule is CCOC(=O)C1=C(CBr)NC(c2nccs2)=NC1c1ccc(F)cc1. The van der Waals surface area contributed by atoms with Crippen molar-refractivity contribution in [3.8, 4) is 0 Å². The summed E-state index contributed by atoms with van der Waals surface area (Å²) in [6.45, 7) is 2.01. The fourth-order valence-corrected chi connectivity index (χ4v) is 3.52. The average molecular weight is 424 g/mol. The van der Waals surface area contributed by atoms with Gasteiger partial charge in [-0.1, -0.05) is 28.1 Å². The van der Waals surface area contributed by atoms with E-state index in [1.165, 1.54) is 23.5 Å². The third-order valence-corrected chi connectivity index (χ3v) is 4.92. The molecule has 2 aromatic rings. The first kappa shape index (κ1) is 17.8. The first-order valence-electron chi connectivity index (χ1n) is 7.60. The lowest BCUT2D eigenvalue weighted by molar-refractivity contribution is -0.138. The summed E-state index contributed by atoms with van der Waals surface area (Å²) in [5.41, 5.74) is 1.78. The molecule has 8 heteroatoms. The van der Waals surface area contributed by atoms with Crippen molar-refractivity contribution in [2.45, 2.75) is 13.0 Å². The van der Waals surface area contributed by atoms with Gasteiger partial charge in [-0.05, 0) is 24.6 Å². The van der Waals surface area contributed by atoms with E-state index in [1.54, 1.807) is 25.3 Å². The molecular formula is C17H15BrFN3O2S. The highest BCUT2D eigenvalue weighted by Crippen LogP contribution is 2.33. The number of halogens is 2. The molecule has 25 heavy (non-hydrogen) atoms. The van der Waals surface area contributed by atoms with E-state index in [4.69, 9.17) is 4.74 Å². The van der Waals surface area contributed by atoms with Gasteiger partial charge in [0.1, 0.15) is 11.9 Å². The fraction of sp³-hybridized carbons (Fsp3) is 0.235. The number of carbonyl (C=O) groups is 1. The minimum atomic E-state index is -0.590. The molecule has 1 aromatic heterocycles. The summed E-state index contributed by atoms with van der Waals surface area (Å²) < 4.78 is 18.5. The van der Waals surface area contributed by atoms with Gasteiger partial charge >= 0.3 is 5.97 Å². The van der Waals surface area contributed by atoms with Gasteiger partial charge in [0.2, 0.25) is 0 Å². The van der Waals surface area contributed by atoms with Crippen LogP contribution in [0.25, 0.3) is 0 Å². The van der Waals surface area contributed by atoms with E-state index in [0.717, 1.165) is 0 Å². The number of thiazole rings is 1. The zero-order chi connectivity index (χ0) is 17.8. The number of carbonyl (C=O) groups excluding carboxylic acids is 1. The standard InChI is InChI=1S/C17H15BrFN3O2S/c1-2-24-17(23)13-12(9-18)21-15(16-20-7-8-25-16)22-14(13)10-3-5-11(19)6-4-10/h3-8,14H,2,9H2,1H3,(H,21,22). The highest BCUT2D eigenvalue weighted by molar-refractivity contribution is 9.09. The van der Waals surface area contributed by atoms with Gasteiger partial charge in [0.25, 0.3) is 0 Å². The van der Waals surface area contributed by atoms with Crippen LogP contribution in [0.5, 0.6) is 0 Å². The molecule has 0 fully saturated rings. The molecule has 0 radical (unpaired) electrons. The molecule has 1 N–H and O–H groups in total. The number of hydrogen-bond acceptors (Lipinski definition) is 6. The molecular weight excluding hydrogens is 409 g/mol. The second-order valence-electron chi connectivity index (χ2n) is 5.14. The Morgan fingerprint density at radius 1 is 1.40 bits per heavy atom. The molecule has 130 valence electrons. The predicted molar refractivity (Wildman–Crippen MR) is 98.4 cm³/mol. The second kappa shape index (κ2) is 7.88. The maximum absolute atomic E-state index is 13.3. The summed E-state index contributed by atoms with van der Waals surface area (Å²) in [5.74, 6) is -0.211. The summed E-state index contributed by atoms with van der Waals surface area (Å²) in [7, 11) is 0. The molecule has 0 spiro atoms. The number of nitrogens with one attached hydrogen (secondary N) is 1. The Labute approximate surface area is 156 Å². The normalized spacial score (nSPS) is 17.1. The van der Waals surface area contributed by atoms with E-state index in [1.807, 2.05) is 5.38 Å². The van der Waals surface area contributed by atoms with E-state index in [0.29, 0.717) is 33.0 Å². The number of hydrogen-bond donors (Lipinski definition) is 1. The van der Waals surface area contributed by atoms with Crippen molar-refractivity contribution in [1.29, 1.82) is 0 Å². The van der Waals surface area contributed by atoms with Crippen molar-refractivity contribution in [2.24, 2.45) is 4.99 Å². The van der Waals surface area contributed by atoms with Gasteiger partial charge < -0.3 is 10.1 Å². The van der Waals surface area contributed by atoms with Crippen LogP contribution in [0.4, 0.5) is 4.39 Å². The van der Waals surface area contributed by atoms with Crippen molar-refractivity contribution in [2.75, 3.05) is 11.9 Å². The van der Waals surface area contributed by atoms with Gasteiger partial charge in [0.05, 0.1) is 12.2 Å². The zero-order valence-electron chi connectivity index (χ0n) is 13.3. The number of ether oxygens (including phenoxy) is 1. The van der Waals surface area contributed by atoms with E-state index in [-0.39, 0.29) is 12.4 Å². The molecule has 0 bridgehead atoms. The number of aliphatic imine (C=N–C) groups is 1. The molecule has 0 saturated carbocycles. The number of aromatic nitrogens is 1. The third kappa shape index (κ3) is 3.80. The van der Waals surface area contributed by atoms with Gasteiger partial charge in [-0.3, -0.25) is 4.99 Å². The Bertz CT molecular complexity index is 819. The van der Waals surface area contributed by atoms with Crippen LogP contribution in [0, 0.1) is 5.82 Å². The summed E-state index contributed by atoms with van der Waals surface area (Å²) in [4.78, 5) is 21.4. The number of nitrogens with zero attached hydrogens (tertiary/aromatic N) is 2. The van der Waals surface area contributed by atoms with E-state index >= 15 is 0 Å². The molecule has 2 heterocycles. The summed E-state index contributed by atoms with van der Waals surface area (Å²) in [5, 5.41) is 6.15. The Morgan fingerprint density at radius 3 is 2.76 bits per heavy atom. The van der Waals surface area contributed by atoms with Crippen LogP contribution in [0.15, 0.2) is 52.1 Å². The smallest absolute Gasteiger partial charge is 0.338 e. The van der Waals surface area contributed by atoms with E-state index < -0.39 is 12.0 Å². The quantitative estimate of drug-likeness (QED) is 0.589. The van der Waals surface area contributed by atoms with Crippen LogP contribution < -0.4 is 5.32 Å². The van der Waals surface area contributed by atoms with Crippen LogP contribution in [-0.2, 0) is 9.53 Å². The van der Waals surface area contributed by atoms with Crippen molar-refractivity contribution >= 4 is 39.1 Å². The molecule has 1 unspecified atom stereocenters. The number of alkyl halides is 1. The highest BCUT2D eigenvalue weighted by atomic mass is 79.9. The molecule has 1 atom stereocenters. The third-order valence-electron chi connectivity index (χ3n) is 3.58. The molecule has 5 nitrogen and oxygen atoms in total. The Morgan fingerprint density at radius 2 is 2.16 bits per heavy atom. The number of allylic oxidation sites excluding steroid dienone is 1. The first-order chi connectivity index (χ1) is 12.1. The molecule has 1 aliphatic heterocycles. The minimum absolute atomic E-state index is 0.261. The summed E-state index contributed by atoms with van der Waals surface area (Å²) in [6, 6.07) is 5.37. The second-order valence-corrected chi connectivity index (χ2v) is 6.60. The van der Waals surface area contributed by atoms with Crippen LogP contribution in [0.1, 0.15) is 23.5 Å². The highest BCUT2D eigenvalue weighted by Gasteiger charge is 2.32. The van der Waals surface area contributed by atoms with Gasteiger partial charge in [0, 0.05) is 22.6 Å². The molecule has 3 rings (SSSR count). The monoisotopic (exact) mass is 423 g/mol. The summed E-state index contributed by atoms with van der Waals surface area (Å²) >= 11 is 4.86. The number of esters is 1. The molecule has 0 aliphatic carbocycles. The molecule has 1 aromatic carbocycles. The van der Waals surface area contributed by atoms with Crippen LogP contribution in [0.2, 0.25) is 0 Å². The van der Waals surface area contributed by atoms with Gasteiger partial charge in [-0.2, -0.15) is 0 Å². The van der Waals surface area contributed by atoms with E-state index in [9.17, 15) is 9.18 Å². The fourth-order valence-electron chi connectivity index (χ4n) is 2.49. The van der Waals surface area contributed by atoms with Gasteiger partial charge in [-0.25, -0.2) is 14.2 Å². The Hall–Kier alpha value is -2.06. The van der Waals surface area contributed by atoms with E-state index in [2.05, 4.69) is 31.2 Å². The first-order valence-corrected chi connectivity index (χ1v) is 9.60. The Kier molecular flexibility index (Phi) is 5.60. The van der Waals surface area contributed by atoms with Crippen molar-refractivity contribution < 1.29 is 13.9 Å². The van der Waals surface area contributed by atoms with Gasteiger partial charge in [-0.15, -0.1) is 11.3 Å². The predicted octanol–water partition coefficient (Wildman–Crippen LogP) is 3.59.